The largest absolute Gasteiger partial charge is 0.493 e. The van der Waals surface area contributed by atoms with Crippen molar-refractivity contribution in [2.45, 2.75) is 19.8 Å². The van der Waals surface area contributed by atoms with Crippen molar-refractivity contribution < 1.29 is 9.47 Å². The summed E-state index contributed by atoms with van der Waals surface area (Å²) in [6.45, 7) is 3.44. The van der Waals surface area contributed by atoms with Crippen LogP contribution in [0.15, 0.2) is 72.8 Å². The van der Waals surface area contributed by atoms with Crippen LogP contribution in [-0.2, 0) is 12.8 Å². The van der Waals surface area contributed by atoms with E-state index < -0.39 is 0 Å². The van der Waals surface area contributed by atoms with Crippen molar-refractivity contribution in [1.29, 1.82) is 0 Å². The Morgan fingerprint density at radius 1 is 0.680 bits per heavy atom. The van der Waals surface area contributed by atoms with Gasteiger partial charge in [-0.05, 0) is 48.4 Å². The lowest BCUT2D eigenvalue weighted by Crippen LogP contribution is -2.05. The van der Waals surface area contributed by atoms with E-state index in [1.165, 1.54) is 16.7 Å². The fourth-order valence-electron chi connectivity index (χ4n) is 2.73. The normalized spacial score (nSPS) is 10.4. The summed E-state index contributed by atoms with van der Waals surface area (Å²) in [5.41, 5.74) is 3.62. The zero-order chi connectivity index (χ0) is 17.3. The summed E-state index contributed by atoms with van der Waals surface area (Å²) in [5, 5.41) is 0. The maximum absolute atomic E-state index is 5.78. The average Bonchev–Trinajstić information content (AvgIpc) is 2.63. The van der Waals surface area contributed by atoms with Gasteiger partial charge in [-0.15, -0.1) is 0 Å². The molecule has 2 heteroatoms. The predicted molar refractivity (Wildman–Crippen MR) is 101 cm³/mol. The highest BCUT2D eigenvalue weighted by Gasteiger charge is 2.02. The van der Waals surface area contributed by atoms with Gasteiger partial charge in [0.2, 0.25) is 0 Å². The maximum Gasteiger partial charge on any atom is 0.119 e. The molecular formula is C23H23O2. The van der Waals surface area contributed by atoms with Crippen LogP contribution in [0.4, 0.5) is 0 Å². The van der Waals surface area contributed by atoms with Gasteiger partial charge in [0.05, 0.1) is 13.2 Å². The molecule has 3 aromatic carbocycles. The Morgan fingerprint density at radius 2 is 1.12 bits per heavy atom. The van der Waals surface area contributed by atoms with Crippen molar-refractivity contribution in [2.75, 3.05) is 13.2 Å². The van der Waals surface area contributed by atoms with Crippen LogP contribution in [0.2, 0.25) is 0 Å². The molecule has 2 nitrogen and oxygen atoms in total. The van der Waals surface area contributed by atoms with E-state index in [0.717, 1.165) is 24.3 Å². The fraction of sp³-hybridized carbons (Fsp3) is 0.217. The molecule has 0 amide bonds. The van der Waals surface area contributed by atoms with Crippen molar-refractivity contribution >= 4 is 0 Å². The lowest BCUT2D eigenvalue weighted by molar-refractivity contribution is 0.320. The molecule has 0 unspecified atom stereocenters. The molecule has 0 aliphatic carbocycles. The van der Waals surface area contributed by atoms with Crippen LogP contribution in [0.5, 0.6) is 11.5 Å². The molecule has 0 N–H and O–H groups in total. The van der Waals surface area contributed by atoms with E-state index in [4.69, 9.17) is 9.47 Å². The molecule has 0 saturated heterocycles. The maximum atomic E-state index is 5.78. The van der Waals surface area contributed by atoms with Crippen molar-refractivity contribution in [3.8, 4) is 11.5 Å². The Kier molecular flexibility index (Phi) is 6.11. The Balaban J connectivity index is 1.51. The van der Waals surface area contributed by atoms with Gasteiger partial charge in [-0.25, -0.2) is 0 Å². The van der Waals surface area contributed by atoms with Crippen molar-refractivity contribution in [1.82, 2.24) is 0 Å². The van der Waals surface area contributed by atoms with Crippen molar-refractivity contribution in [3.05, 3.63) is 95.6 Å². The molecule has 0 heterocycles. The van der Waals surface area contributed by atoms with Gasteiger partial charge in [-0.1, -0.05) is 54.1 Å². The summed E-state index contributed by atoms with van der Waals surface area (Å²) < 4.78 is 11.6. The summed E-state index contributed by atoms with van der Waals surface area (Å²) >= 11 is 0. The number of ether oxygens (including phenoxy) is 2. The van der Waals surface area contributed by atoms with E-state index in [2.05, 4.69) is 25.1 Å². The summed E-state index contributed by atoms with van der Waals surface area (Å²) in [5.74, 6) is 1.82. The second-order valence-electron chi connectivity index (χ2n) is 6.03. The number of hydrogen-bond donors (Lipinski definition) is 0. The van der Waals surface area contributed by atoms with Crippen molar-refractivity contribution in [2.24, 2.45) is 0 Å². The Hall–Kier alpha value is -2.74. The molecule has 3 rings (SSSR count). The first-order valence-corrected chi connectivity index (χ1v) is 8.67. The van der Waals surface area contributed by atoms with Gasteiger partial charge < -0.3 is 9.47 Å². The van der Waals surface area contributed by atoms with E-state index in [9.17, 15) is 0 Å². The van der Waals surface area contributed by atoms with Gasteiger partial charge in [0, 0.05) is 12.8 Å². The molecule has 0 aliphatic rings. The molecule has 25 heavy (non-hydrogen) atoms. The molecular weight excluding hydrogens is 308 g/mol. The first kappa shape index (κ1) is 17.1. The van der Waals surface area contributed by atoms with E-state index >= 15 is 0 Å². The fourth-order valence-corrected chi connectivity index (χ4v) is 2.73. The first-order valence-electron chi connectivity index (χ1n) is 8.67. The highest BCUT2D eigenvalue weighted by atomic mass is 16.5. The molecule has 1 radical (unpaired) electrons. The topological polar surface area (TPSA) is 18.5 Å². The first-order chi connectivity index (χ1) is 12.3. The highest BCUT2D eigenvalue weighted by Crippen LogP contribution is 2.14. The Labute approximate surface area is 150 Å². The van der Waals surface area contributed by atoms with Crippen LogP contribution in [0, 0.1) is 13.0 Å². The smallest absolute Gasteiger partial charge is 0.119 e. The number of benzene rings is 3. The Bertz CT molecular complexity index is 703. The minimum absolute atomic E-state index is 0.657. The molecule has 0 saturated carbocycles. The third-order valence-corrected chi connectivity index (χ3v) is 3.89. The number of aryl methyl sites for hydroxylation is 1. The van der Waals surface area contributed by atoms with Crippen LogP contribution >= 0.6 is 0 Å². The van der Waals surface area contributed by atoms with Gasteiger partial charge in [-0.2, -0.15) is 0 Å². The predicted octanol–water partition coefficient (Wildman–Crippen LogP) is 5.04. The SMILES string of the molecule is Cc1cc(CCOc2ccccc2)[c]c(CCOc2ccccc2)c1. The van der Waals surface area contributed by atoms with Gasteiger partial charge in [0.1, 0.15) is 11.5 Å². The molecule has 0 atom stereocenters. The number of rotatable bonds is 8. The molecule has 0 spiro atoms. The van der Waals surface area contributed by atoms with Gasteiger partial charge in [-0.3, -0.25) is 0 Å². The Morgan fingerprint density at radius 3 is 1.56 bits per heavy atom. The zero-order valence-corrected chi connectivity index (χ0v) is 14.6. The standard InChI is InChI=1S/C23H23O2/c1-19-16-20(12-14-24-22-8-4-2-5-9-22)18-21(17-19)13-15-25-23-10-6-3-7-11-23/h2-11,16-17H,12-15H2,1H3. The second-order valence-corrected chi connectivity index (χ2v) is 6.03. The van der Waals surface area contributed by atoms with Gasteiger partial charge in [0.15, 0.2) is 0 Å². The number of para-hydroxylation sites is 2. The van der Waals surface area contributed by atoms with E-state index in [1.54, 1.807) is 0 Å². The molecule has 0 aromatic heterocycles. The van der Waals surface area contributed by atoms with Gasteiger partial charge in [0.25, 0.3) is 0 Å². The zero-order valence-electron chi connectivity index (χ0n) is 14.6. The lowest BCUT2D eigenvalue weighted by Gasteiger charge is -2.10. The van der Waals surface area contributed by atoms with E-state index in [1.807, 2.05) is 60.7 Å². The average molecular weight is 331 g/mol. The van der Waals surface area contributed by atoms with E-state index in [0.29, 0.717) is 13.2 Å². The summed E-state index contributed by atoms with van der Waals surface area (Å²) in [6.07, 6.45) is 1.70. The van der Waals surface area contributed by atoms with Gasteiger partial charge >= 0.3 is 0 Å². The van der Waals surface area contributed by atoms with Crippen LogP contribution in [0.25, 0.3) is 0 Å². The van der Waals surface area contributed by atoms with Crippen LogP contribution in [0.1, 0.15) is 16.7 Å². The van der Waals surface area contributed by atoms with E-state index in [-0.39, 0.29) is 0 Å². The second kappa shape index (κ2) is 8.93. The summed E-state index contributed by atoms with van der Waals surface area (Å²) in [7, 11) is 0. The van der Waals surface area contributed by atoms with Crippen LogP contribution < -0.4 is 9.47 Å². The third-order valence-electron chi connectivity index (χ3n) is 3.89. The van der Waals surface area contributed by atoms with Crippen molar-refractivity contribution in [3.63, 3.8) is 0 Å². The molecule has 0 bridgehead atoms. The third kappa shape index (κ3) is 5.68. The molecule has 127 valence electrons. The molecule has 0 aliphatic heterocycles. The number of hydrogen-bond acceptors (Lipinski definition) is 2. The minimum Gasteiger partial charge on any atom is -0.493 e. The van der Waals surface area contributed by atoms with Crippen LogP contribution in [0.3, 0.4) is 0 Å². The highest BCUT2D eigenvalue weighted by molar-refractivity contribution is 5.29. The summed E-state index contributed by atoms with van der Waals surface area (Å²) in [4.78, 5) is 0. The monoisotopic (exact) mass is 331 g/mol. The quantitative estimate of drug-likeness (QED) is 0.576. The minimum atomic E-state index is 0.657. The van der Waals surface area contributed by atoms with Crippen LogP contribution in [-0.4, -0.2) is 13.2 Å². The molecule has 0 fully saturated rings. The molecule has 3 aromatic rings. The summed E-state index contributed by atoms with van der Waals surface area (Å²) in [6, 6.07) is 27.7. The lowest BCUT2D eigenvalue weighted by atomic mass is 10.0.